The minimum atomic E-state index is -2.80. The summed E-state index contributed by atoms with van der Waals surface area (Å²) in [5.41, 5.74) is 0.142. The molecule has 0 aromatic rings. The van der Waals surface area contributed by atoms with Crippen molar-refractivity contribution in [2.45, 2.75) is 62.6 Å². The molecule has 104 valence electrons. The lowest BCUT2D eigenvalue weighted by Gasteiger charge is -2.48. The van der Waals surface area contributed by atoms with Crippen molar-refractivity contribution in [1.29, 1.82) is 0 Å². The normalized spacial score (nSPS) is 38.2. The van der Waals surface area contributed by atoms with E-state index in [9.17, 15) is 8.42 Å². The summed E-state index contributed by atoms with van der Waals surface area (Å²) in [5.74, 6) is 0.709. The Hall–Kier alpha value is -0.130. The number of hydrogen-bond donors (Lipinski definition) is 1. The third-order valence-corrected chi connectivity index (χ3v) is 6.51. The lowest BCUT2D eigenvalue weighted by atomic mass is 9.74. The number of hydrogen-bond acceptors (Lipinski definition) is 4. The summed E-state index contributed by atoms with van der Waals surface area (Å²) in [5, 5.41) is 3.58. The summed E-state index contributed by atoms with van der Waals surface area (Å²) in [7, 11) is -2.80. The fraction of sp³-hybridized carbons (Fsp3) is 1.00. The van der Waals surface area contributed by atoms with Gasteiger partial charge in [-0.05, 0) is 44.9 Å². The van der Waals surface area contributed by atoms with Crippen molar-refractivity contribution in [3.8, 4) is 0 Å². The van der Waals surface area contributed by atoms with Gasteiger partial charge in [0.1, 0.15) is 0 Å². The standard InChI is InChI=1S/C13H23NO3S/c15-18(16)8-1-3-12(10-18)14-11-4-7-17-13(9-11)5-2-6-13/h11-12,14H,1-10H2. The second-order valence-electron chi connectivity index (χ2n) is 6.19. The van der Waals surface area contributed by atoms with E-state index in [1.807, 2.05) is 0 Å². The van der Waals surface area contributed by atoms with E-state index in [1.165, 1.54) is 19.3 Å². The van der Waals surface area contributed by atoms with Crippen LogP contribution in [0, 0.1) is 0 Å². The minimum absolute atomic E-state index is 0.142. The maximum absolute atomic E-state index is 11.6. The minimum Gasteiger partial charge on any atom is -0.375 e. The predicted octanol–water partition coefficient (Wildman–Crippen LogP) is 1.25. The fourth-order valence-corrected chi connectivity index (χ4v) is 5.23. The predicted molar refractivity (Wildman–Crippen MR) is 70.4 cm³/mol. The zero-order valence-corrected chi connectivity index (χ0v) is 11.7. The number of ether oxygens (including phenoxy) is 1. The summed E-state index contributed by atoms with van der Waals surface area (Å²) in [6.07, 6.45) is 7.58. The molecule has 3 aliphatic rings. The summed E-state index contributed by atoms with van der Waals surface area (Å²) in [4.78, 5) is 0. The fourth-order valence-electron chi connectivity index (χ4n) is 3.58. The summed E-state index contributed by atoms with van der Waals surface area (Å²) < 4.78 is 29.2. The van der Waals surface area contributed by atoms with Crippen molar-refractivity contribution in [1.82, 2.24) is 5.32 Å². The molecule has 4 nitrogen and oxygen atoms in total. The van der Waals surface area contributed by atoms with Gasteiger partial charge in [-0.25, -0.2) is 8.42 Å². The molecule has 1 saturated carbocycles. The molecule has 0 amide bonds. The van der Waals surface area contributed by atoms with E-state index in [0.29, 0.717) is 17.5 Å². The highest BCUT2D eigenvalue weighted by Crippen LogP contribution is 2.42. The molecule has 2 saturated heterocycles. The molecular weight excluding hydrogens is 250 g/mol. The van der Waals surface area contributed by atoms with E-state index in [2.05, 4.69) is 5.32 Å². The van der Waals surface area contributed by atoms with E-state index in [-0.39, 0.29) is 11.6 Å². The Morgan fingerprint density at radius 3 is 2.61 bits per heavy atom. The van der Waals surface area contributed by atoms with Gasteiger partial charge >= 0.3 is 0 Å². The SMILES string of the molecule is O=S1(=O)CCCC(NC2CCOC3(CCC3)C2)C1. The maximum atomic E-state index is 11.6. The van der Waals surface area contributed by atoms with Crippen LogP contribution in [0.15, 0.2) is 0 Å². The van der Waals surface area contributed by atoms with Gasteiger partial charge in [-0.1, -0.05) is 0 Å². The molecule has 5 heteroatoms. The zero-order chi connectivity index (χ0) is 12.6. The molecule has 1 N–H and O–H groups in total. The van der Waals surface area contributed by atoms with Gasteiger partial charge in [-0.15, -0.1) is 0 Å². The van der Waals surface area contributed by atoms with Crippen LogP contribution in [0.2, 0.25) is 0 Å². The first-order chi connectivity index (χ1) is 8.57. The van der Waals surface area contributed by atoms with E-state index in [0.717, 1.165) is 32.3 Å². The molecule has 2 atom stereocenters. The van der Waals surface area contributed by atoms with Crippen LogP contribution >= 0.6 is 0 Å². The van der Waals surface area contributed by atoms with Crippen molar-refractivity contribution < 1.29 is 13.2 Å². The van der Waals surface area contributed by atoms with Crippen LogP contribution in [0.1, 0.15) is 44.9 Å². The van der Waals surface area contributed by atoms with Crippen LogP contribution in [-0.4, -0.2) is 44.2 Å². The quantitative estimate of drug-likeness (QED) is 0.823. The molecule has 0 aromatic heterocycles. The Kier molecular flexibility index (Phi) is 3.41. The molecular formula is C13H23NO3S. The van der Waals surface area contributed by atoms with Gasteiger partial charge in [0, 0.05) is 18.7 Å². The van der Waals surface area contributed by atoms with Gasteiger partial charge in [0.15, 0.2) is 9.84 Å². The smallest absolute Gasteiger partial charge is 0.151 e. The Morgan fingerprint density at radius 2 is 1.94 bits per heavy atom. The van der Waals surface area contributed by atoms with Crippen molar-refractivity contribution in [2.24, 2.45) is 0 Å². The van der Waals surface area contributed by atoms with Gasteiger partial charge in [0.05, 0.1) is 17.1 Å². The van der Waals surface area contributed by atoms with Crippen molar-refractivity contribution in [3.63, 3.8) is 0 Å². The maximum Gasteiger partial charge on any atom is 0.151 e. The molecule has 2 aliphatic heterocycles. The zero-order valence-electron chi connectivity index (χ0n) is 10.9. The lowest BCUT2D eigenvalue weighted by molar-refractivity contribution is -0.136. The topological polar surface area (TPSA) is 55.4 Å². The Bertz CT molecular complexity index is 402. The highest BCUT2D eigenvalue weighted by molar-refractivity contribution is 7.91. The molecule has 2 unspecified atom stereocenters. The van der Waals surface area contributed by atoms with E-state index in [4.69, 9.17) is 4.74 Å². The van der Waals surface area contributed by atoms with E-state index >= 15 is 0 Å². The van der Waals surface area contributed by atoms with Crippen molar-refractivity contribution >= 4 is 9.84 Å². The molecule has 0 radical (unpaired) electrons. The molecule has 2 heterocycles. The molecule has 3 fully saturated rings. The van der Waals surface area contributed by atoms with Gasteiger partial charge in [0.2, 0.25) is 0 Å². The number of sulfone groups is 1. The largest absolute Gasteiger partial charge is 0.375 e. The molecule has 1 spiro atoms. The van der Waals surface area contributed by atoms with Gasteiger partial charge in [-0.2, -0.15) is 0 Å². The summed E-state index contributed by atoms with van der Waals surface area (Å²) >= 11 is 0. The van der Waals surface area contributed by atoms with Crippen molar-refractivity contribution in [3.05, 3.63) is 0 Å². The first kappa shape index (κ1) is 12.9. The van der Waals surface area contributed by atoms with Crippen LogP contribution in [0.25, 0.3) is 0 Å². The first-order valence-corrected chi connectivity index (χ1v) is 9.00. The lowest BCUT2D eigenvalue weighted by Crippen LogP contribution is -2.54. The van der Waals surface area contributed by atoms with Gasteiger partial charge in [0.25, 0.3) is 0 Å². The first-order valence-electron chi connectivity index (χ1n) is 7.17. The highest BCUT2D eigenvalue weighted by Gasteiger charge is 2.43. The molecule has 3 rings (SSSR count). The molecule has 0 aromatic carbocycles. The van der Waals surface area contributed by atoms with Gasteiger partial charge < -0.3 is 10.1 Å². The molecule has 0 bridgehead atoms. The van der Waals surface area contributed by atoms with Crippen LogP contribution < -0.4 is 5.32 Å². The van der Waals surface area contributed by atoms with Gasteiger partial charge in [-0.3, -0.25) is 0 Å². The Labute approximate surface area is 109 Å². The average molecular weight is 273 g/mol. The van der Waals surface area contributed by atoms with E-state index < -0.39 is 9.84 Å². The Balaban J connectivity index is 1.56. The van der Waals surface area contributed by atoms with Crippen LogP contribution in [0.5, 0.6) is 0 Å². The number of nitrogens with one attached hydrogen (secondary N) is 1. The molecule has 1 aliphatic carbocycles. The van der Waals surface area contributed by atoms with Crippen LogP contribution in [-0.2, 0) is 14.6 Å². The van der Waals surface area contributed by atoms with Crippen LogP contribution in [0.4, 0.5) is 0 Å². The average Bonchev–Trinajstić information content (AvgIpc) is 2.26. The third-order valence-electron chi connectivity index (χ3n) is 4.69. The third kappa shape index (κ3) is 2.73. The molecule has 18 heavy (non-hydrogen) atoms. The summed E-state index contributed by atoms with van der Waals surface area (Å²) in [6.45, 7) is 0.830. The second-order valence-corrected chi connectivity index (χ2v) is 8.42. The Morgan fingerprint density at radius 1 is 1.11 bits per heavy atom. The monoisotopic (exact) mass is 273 g/mol. The van der Waals surface area contributed by atoms with E-state index in [1.54, 1.807) is 0 Å². The van der Waals surface area contributed by atoms with Crippen LogP contribution in [0.3, 0.4) is 0 Å². The second kappa shape index (κ2) is 4.76. The number of rotatable bonds is 2. The summed E-state index contributed by atoms with van der Waals surface area (Å²) in [6, 6.07) is 0.626. The van der Waals surface area contributed by atoms with Crippen molar-refractivity contribution in [2.75, 3.05) is 18.1 Å². The highest BCUT2D eigenvalue weighted by atomic mass is 32.2.